The van der Waals surface area contributed by atoms with Crippen molar-refractivity contribution in [2.24, 2.45) is 13.0 Å². The van der Waals surface area contributed by atoms with Gasteiger partial charge in [0.15, 0.2) is 5.78 Å². The van der Waals surface area contributed by atoms with E-state index in [-0.39, 0.29) is 17.8 Å². The van der Waals surface area contributed by atoms with Crippen LogP contribution in [0, 0.1) is 12.8 Å². The van der Waals surface area contributed by atoms with Crippen LogP contribution in [0.4, 0.5) is 0 Å². The highest BCUT2D eigenvalue weighted by Crippen LogP contribution is 2.25. The van der Waals surface area contributed by atoms with Gasteiger partial charge in [-0.05, 0) is 52.3 Å². The topological polar surface area (TPSA) is 47.4 Å². The second-order valence-electron chi connectivity index (χ2n) is 7.51. The number of ether oxygens (including phenoxy) is 1. The number of Topliss-reactive ketones (excluding diaryl/α,β-unsaturated/α-hetero) is 1. The number of hydrogen-bond donors (Lipinski definition) is 0. The highest BCUT2D eigenvalue weighted by atomic mass is 16.5. The van der Waals surface area contributed by atoms with Crippen LogP contribution in [0.2, 0.25) is 0 Å². The third kappa shape index (κ3) is 4.33. The number of aromatic nitrogens is 2. The third-order valence-corrected chi connectivity index (χ3v) is 5.10. The molecular formula is C21H29N3O2. The van der Waals surface area contributed by atoms with Crippen LogP contribution >= 0.6 is 0 Å². The van der Waals surface area contributed by atoms with Gasteiger partial charge in [0.25, 0.3) is 0 Å². The Morgan fingerprint density at radius 3 is 2.88 bits per heavy atom. The third-order valence-electron chi connectivity index (χ3n) is 5.10. The van der Waals surface area contributed by atoms with Crippen molar-refractivity contribution in [3.05, 3.63) is 47.3 Å². The fraction of sp³-hybridized carbons (Fsp3) is 0.524. The summed E-state index contributed by atoms with van der Waals surface area (Å²) >= 11 is 0. The van der Waals surface area contributed by atoms with Gasteiger partial charge in [0, 0.05) is 42.9 Å². The van der Waals surface area contributed by atoms with Crippen molar-refractivity contribution in [2.75, 3.05) is 13.1 Å². The van der Waals surface area contributed by atoms with Crippen LogP contribution in [0.3, 0.4) is 0 Å². The fourth-order valence-corrected chi connectivity index (χ4v) is 3.58. The first kappa shape index (κ1) is 18.6. The molecule has 5 nitrogen and oxygen atoms in total. The quantitative estimate of drug-likeness (QED) is 0.743. The molecule has 0 N–H and O–H groups in total. The zero-order chi connectivity index (χ0) is 18.7. The molecule has 1 atom stereocenters. The van der Waals surface area contributed by atoms with E-state index in [0.717, 1.165) is 43.8 Å². The van der Waals surface area contributed by atoms with E-state index >= 15 is 0 Å². The van der Waals surface area contributed by atoms with Crippen molar-refractivity contribution in [1.29, 1.82) is 0 Å². The minimum atomic E-state index is 0.0510. The van der Waals surface area contributed by atoms with Gasteiger partial charge in [-0.25, -0.2) is 0 Å². The predicted octanol–water partition coefficient (Wildman–Crippen LogP) is 3.61. The number of hydrogen-bond acceptors (Lipinski definition) is 4. The number of carbonyl (C=O) groups is 1. The SMILES string of the molecule is Cc1c(CN2CCC[C@H](C(=O)c3cccc(OC(C)C)c3)C2)cnn1C. The molecule has 1 saturated heterocycles. The molecule has 0 unspecified atom stereocenters. The zero-order valence-electron chi connectivity index (χ0n) is 16.2. The molecule has 1 fully saturated rings. The highest BCUT2D eigenvalue weighted by Gasteiger charge is 2.27. The van der Waals surface area contributed by atoms with Gasteiger partial charge in [-0.1, -0.05) is 12.1 Å². The maximum absolute atomic E-state index is 13.0. The lowest BCUT2D eigenvalue weighted by Gasteiger charge is -2.32. The summed E-state index contributed by atoms with van der Waals surface area (Å²) in [6.45, 7) is 8.79. The van der Waals surface area contributed by atoms with Crippen molar-refractivity contribution in [3.8, 4) is 5.75 Å². The lowest BCUT2D eigenvalue weighted by Crippen LogP contribution is -2.38. The molecule has 26 heavy (non-hydrogen) atoms. The molecule has 0 radical (unpaired) electrons. The van der Waals surface area contributed by atoms with Gasteiger partial charge in [0.05, 0.1) is 12.3 Å². The molecule has 1 aromatic carbocycles. The summed E-state index contributed by atoms with van der Waals surface area (Å²) in [4.78, 5) is 15.4. The normalized spacial score (nSPS) is 18.3. The summed E-state index contributed by atoms with van der Waals surface area (Å²) in [6.07, 6.45) is 4.05. The van der Waals surface area contributed by atoms with Gasteiger partial charge < -0.3 is 4.74 Å². The maximum Gasteiger partial charge on any atom is 0.167 e. The van der Waals surface area contributed by atoms with E-state index in [9.17, 15) is 4.79 Å². The number of carbonyl (C=O) groups excluding carboxylic acids is 1. The summed E-state index contributed by atoms with van der Waals surface area (Å²) in [7, 11) is 1.97. The van der Waals surface area contributed by atoms with E-state index in [1.165, 1.54) is 11.3 Å². The summed E-state index contributed by atoms with van der Waals surface area (Å²) in [6, 6.07) is 7.60. The Balaban J connectivity index is 1.67. The van der Waals surface area contributed by atoms with Crippen molar-refractivity contribution < 1.29 is 9.53 Å². The summed E-state index contributed by atoms with van der Waals surface area (Å²) in [5.74, 6) is 1.05. The van der Waals surface area contributed by atoms with Gasteiger partial charge in [-0.15, -0.1) is 0 Å². The van der Waals surface area contributed by atoms with E-state index in [1.54, 1.807) is 0 Å². The Hall–Kier alpha value is -2.14. The number of ketones is 1. The largest absolute Gasteiger partial charge is 0.491 e. The minimum absolute atomic E-state index is 0.0510. The predicted molar refractivity (Wildman–Crippen MR) is 102 cm³/mol. The van der Waals surface area contributed by atoms with Gasteiger partial charge in [-0.2, -0.15) is 5.10 Å². The molecule has 0 spiro atoms. The fourth-order valence-electron chi connectivity index (χ4n) is 3.58. The standard InChI is InChI=1S/C21H29N3O2/c1-15(2)26-20-9-5-7-17(11-20)21(25)18-8-6-10-24(13-18)14-19-12-22-23(4)16(19)3/h5,7,9,11-12,15,18H,6,8,10,13-14H2,1-4H3/t18-/m0/s1. The molecule has 5 heteroatoms. The molecule has 3 rings (SSSR count). The van der Waals surface area contributed by atoms with Crippen LogP contribution in [0.25, 0.3) is 0 Å². The molecular weight excluding hydrogens is 326 g/mol. The van der Waals surface area contributed by atoms with Gasteiger partial charge in [0.2, 0.25) is 0 Å². The van der Waals surface area contributed by atoms with Gasteiger partial charge in [0.1, 0.15) is 5.75 Å². The van der Waals surface area contributed by atoms with Crippen LogP contribution < -0.4 is 4.74 Å². The monoisotopic (exact) mass is 355 g/mol. The summed E-state index contributed by atoms with van der Waals surface area (Å²) in [5.41, 5.74) is 3.19. The number of aryl methyl sites for hydroxylation is 1. The van der Waals surface area contributed by atoms with E-state index < -0.39 is 0 Å². The average molecular weight is 355 g/mol. The highest BCUT2D eigenvalue weighted by molar-refractivity contribution is 5.98. The van der Waals surface area contributed by atoms with Gasteiger partial charge in [-0.3, -0.25) is 14.4 Å². The zero-order valence-corrected chi connectivity index (χ0v) is 16.2. The molecule has 2 heterocycles. The lowest BCUT2D eigenvalue weighted by molar-refractivity contribution is 0.0810. The van der Waals surface area contributed by atoms with Gasteiger partial charge >= 0.3 is 0 Å². The number of benzene rings is 1. The van der Waals surface area contributed by atoms with E-state index in [2.05, 4.69) is 16.9 Å². The Kier molecular flexibility index (Phi) is 5.77. The molecule has 140 valence electrons. The smallest absolute Gasteiger partial charge is 0.167 e. The van der Waals surface area contributed by atoms with Crippen LogP contribution in [-0.2, 0) is 13.6 Å². The van der Waals surface area contributed by atoms with Crippen molar-refractivity contribution in [2.45, 2.75) is 46.3 Å². The first-order chi connectivity index (χ1) is 12.4. The Morgan fingerprint density at radius 1 is 1.38 bits per heavy atom. The Labute approximate surface area is 156 Å². The van der Waals surface area contributed by atoms with Crippen molar-refractivity contribution in [3.63, 3.8) is 0 Å². The van der Waals surface area contributed by atoms with Crippen LogP contribution in [0.15, 0.2) is 30.5 Å². The average Bonchev–Trinajstić information content (AvgIpc) is 2.93. The molecule has 0 bridgehead atoms. The molecule has 2 aromatic rings. The number of piperidine rings is 1. The second kappa shape index (κ2) is 8.04. The van der Waals surface area contributed by atoms with Crippen LogP contribution in [-0.4, -0.2) is 39.7 Å². The number of nitrogens with zero attached hydrogens (tertiary/aromatic N) is 3. The van der Waals surface area contributed by atoms with Crippen LogP contribution in [0.5, 0.6) is 5.75 Å². The van der Waals surface area contributed by atoms with Crippen molar-refractivity contribution >= 4 is 5.78 Å². The molecule has 0 aliphatic carbocycles. The molecule has 1 aliphatic rings. The number of rotatable bonds is 6. The van der Waals surface area contributed by atoms with E-state index in [0.29, 0.717) is 0 Å². The summed E-state index contributed by atoms with van der Waals surface area (Å²) < 4.78 is 7.64. The molecule has 0 saturated carbocycles. The Morgan fingerprint density at radius 2 is 2.19 bits per heavy atom. The van der Waals surface area contributed by atoms with E-state index in [1.807, 2.05) is 56.0 Å². The first-order valence-electron chi connectivity index (χ1n) is 9.45. The van der Waals surface area contributed by atoms with Crippen molar-refractivity contribution in [1.82, 2.24) is 14.7 Å². The van der Waals surface area contributed by atoms with Crippen LogP contribution in [0.1, 0.15) is 48.3 Å². The maximum atomic E-state index is 13.0. The molecule has 1 aliphatic heterocycles. The summed E-state index contributed by atoms with van der Waals surface area (Å²) in [5, 5.41) is 4.33. The first-order valence-corrected chi connectivity index (χ1v) is 9.45. The molecule has 1 aromatic heterocycles. The van der Waals surface area contributed by atoms with E-state index in [4.69, 9.17) is 4.74 Å². The lowest BCUT2D eigenvalue weighted by atomic mass is 9.89. The number of likely N-dealkylation sites (tertiary alicyclic amines) is 1. The Bertz CT molecular complexity index is 766. The second-order valence-corrected chi connectivity index (χ2v) is 7.51. The molecule has 0 amide bonds. The minimum Gasteiger partial charge on any atom is -0.491 e.